The number of nitrogens with one attached hydrogen (secondary N) is 1. The zero-order chi connectivity index (χ0) is 16.5. The molecular weight excluding hydrogens is 306 g/mol. The van der Waals surface area contributed by atoms with E-state index in [4.69, 9.17) is 9.47 Å². The predicted octanol–water partition coefficient (Wildman–Crippen LogP) is 2.39. The molecule has 0 saturated heterocycles. The lowest BCUT2D eigenvalue weighted by Crippen LogP contribution is -2.17. The second-order valence-corrected chi connectivity index (χ2v) is 5.73. The lowest BCUT2D eigenvalue weighted by atomic mass is 10.2. The monoisotopic (exact) mass is 323 g/mol. The number of anilines is 1. The molecule has 24 heavy (non-hydrogen) atoms. The fourth-order valence-corrected chi connectivity index (χ4v) is 2.69. The van der Waals surface area contributed by atoms with Gasteiger partial charge in [-0.3, -0.25) is 9.20 Å². The van der Waals surface area contributed by atoms with Gasteiger partial charge in [-0.25, -0.2) is 4.98 Å². The van der Waals surface area contributed by atoms with Crippen molar-refractivity contribution in [1.29, 1.82) is 0 Å². The molecule has 122 valence electrons. The van der Waals surface area contributed by atoms with Crippen LogP contribution in [0.2, 0.25) is 0 Å². The van der Waals surface area contributed by atoms with Gasteiger partial charge in [-0.15, -0.1) is 0 Å². The van der Waals surface area contributed by atoms with Crippen molar-refractivity contribution in [3.63, 3.8) is 0 Å². The highest BCUT2D eigenvalue weighted by Gasteiger charge is 2.11. The quantitative estimate of drug-likeness (QED) is 0.802. The average molecular weight is 323 g/mol. The predicted molar refractivity (Wildman–Crippen MR) is 91.0 cm³/mol. The van der Waals surface area contributed by atoms with Crippen molar-refractivity contribution in [3.8, 4) is 11.5 Å². The molecule has 4 rings (SSSR count). The van der Waals surface area contributed by atoms with Crippen LogP contribution in [-0.4, -0.2) is 22.6 Å². The Morgan fingerprint density at radius 1 is 1.12 bits per heavy atom. The van der Waals surface area contributed by atoms with Gasteiger partial charge in [-0.05, 0) is 30.7 Å². The van der Waals surface area contributed by atoms with Crippen LogP contribution in [0.15, 0.2) is 47.4 Å². The van der Waals surface area contributed by atoms with Crippen LogP contribution in [-0.2, 0) is 6.54 Å². The Bertz CT molecular complexity index is 965. The molecule has 0 aliphatic carbocycles. The maximum atomic E-state index is 12.2. The van der Waals surface area contributed by atoms with Crippen LogP contribution in [0, 0.1) is 6.92 Å². The van der Waals surface area contributed by atoms with Crippen LogP contribution in [0.5, 0.6) is 11.5 Å². The molecule has 1 N–H and O–H groups in total. The molecule has 0 bridgehead atoms. The maximum absolute atomic E-state index is 12.2. The molecule has 1 aliphatic heterocycles. The van der Waals surface area contributed by atoms with E-state index < -0.39 is 0 Å². The summed E-state index contributed by atoms with van der Waals surface area (Å²) in [5.74, 6) is 1.48. The first-order valence-corrected chi connectivity index (χ1v) is 7.81. The van der Waals surface area contributed by atoms with Gasteiger partial charge in [0.2, 0.25) is 0 Å². The summed E-state index contributed by atoms with van der Waals surface area (Å²) in [5, 5.41) is 3.27. The molecule has 3 heterocycles. The number of aromatic nitrogens is 2. The summed E-state index contributed by atoms with van der Waals surface area (Å²) in [4.78, 5) is 16.7. The molecule has 0 amide bonds. The number of aryl methyl sites for hydroxylation is 1. The van der Waals surface area contributed by atoms with E-state index >= 15 is 0 Å². The highest BCUT2D eigenvalue weighted by atomic mass is 16.6. The molecular formula is C18H17N3O3. The SMILES string of the molecule is Cc1ccc2nc(CNc3ccc4c(c3)OCCO4)cc(=O)n2c1. The van der Waals surface area contributed by atoms with Crippen molar-refractivity contribution in [2.45, 2.75) is 13.5 Å². The van der Waals surface area contributed by atoms with Crippen LogP contribution < -0.4 is 20.3 Å². The molecule has 0 saturated carbocycles. The summed E-state index contributed by atoms with van der Waals surface area (Å²) in [6.45, 7) is 3.53. The first-order chi connectivity index (χ1) is 11.7. The second kappa shape index (κ2) is 5.88. The van der Waals surface area contributed by atoms with Crippen molar-refractivity contribution < 1.29 is 9.47 Å². The van der Waals surface area contributed by atoms with Gasteiger partial charge in [0.15, 0.2) is 11.5 Å². The molecule has 6 nitrogen and oxygen atoms in total. The smallest absolute Gasteiger partial charge is 0.258 e. The number of rotatable bonds is 3. The lowest BCUT2D eigenvalue weighted by molar-refractivity contribution is 0.171. The van der Waals surface area contributed by atoms with Gasteiger partial charge < -0.3 is 14.8 Å². The number of hydrogen-bond donors (Lipinski definition) is 1. The van der Waals surface area contributed by atoms with E-state index in [0.29, 0.717) is 31.1 Å². The number of ether oxygens (including phenoxy) is 2. The zero-order valence-corrected chi connectivity index (χ0v) is 13.3. The number of nitrogens with zero attached hydrogens (tertiary/aromatic N) is 2. The molecule has 2 aromatic heterocycles. The van der Waals surface area contributed by atoms with E-state index in [1.54, 1.807) is 16.7 Å². The van der Waals surface area contributed by atoms with Crippen molar-refractivity contribution >= 4 is 11.3 Å². The summed E-state index contributed by atoms with van der Waals surface area (Å²) in [6.07, 6.45) is 1.79. The standard InChI is InChI=1S/C18H17N3O3/c1-12-2-5-17-20-14(9-18(22)21(17)11-12)10-19-13-3-4-15-16(8-13)24-7-6-23-15/h2-5,8-9,11,19H,6-7,10H2,1H3. The number of benzene rings is 1. The van der Waals surface area contributed by atoms with Crippen LogP contribution in [0.25, 0.3) is 5.65 Å². The third-order valence-electron chi connectivity index (χ3n) is 3.88. The van der Waals surface area contributed by atoms with E-state index in [1.807, 2.05) is 37.3 Å². The van der Waals surface area contributed by atoms with E-state index in [2.05, 4.69) is 10.3 Å². The summed E-state index contributed by atoms with van der Waals surface area (Å²) in [5.41, 5.74) is 3.17. The van der Waals surface area contributed by atoms with Crippen LogP contribution >= 0.6 is 0 Å². The van der Waals surface area contributed by atoms with Gasteiger partial charge >= 0.3 is 0 Å². The first kappa shape index (κ1) is 14.6. The van der Waals surface area contributed by atoms with Gasteiger partial charge in [0, 0.05) is 24.0 Å². The normalized spacial score (nSPS) is 13.0. The minimum absolute atomic E-state index is 0.0809. The topological polar surface area (TPSA) is 64.9 Å². The van der Waals surface area contributed by atoms with Gasteiger partial charge in [0.25, 0.3) is 5.56 Å². The average Bonchev–Trinajstić information content (AvgIpc) is 2.60. The summed E-state index contributed by atoms with van der Waals surface area (Å²) < 4.78 is 12.6. The zero-order valence-electron chi connectivity index (χ0n) is 13.3. The Hall–Kier alpha value is -3.02. The molecule has 1 aliphatic rings. The third kappa shape index (κ3) is 2.78. The molecule has 0 atom stereocenters. The Morgan fingerprint density at radius 2 is 1.96 bits per heavy atom. The summed E-state index contributed by atoms with van der Waals surface area (Å²) >= 11 is 0. The molecule has 0 spiro atoms. The summed E-state index contributed by atoms with van der Waals surface area (Å²) in [7, 11) is 0. The molecule has 0 unspecified atom stereocenters. The number of pyridine rings is 1. The van der Waals surface area contributed by atoms with Crippen molar-refractivity contribution in [3.05, 3.63) is 64.2 Å². The van der Waals surface area contributed by atoms with E-state index in [9.17, 15) is 4.79 Å². The fraction of sp³-hybridized carbons (Fsp3) is 0.222. The first-order valence-electron chi connectivity index (χ1n) is 7.81. The van der Waals surface area contributed by atoms with Gasteiger partial charge in [-0.2, -0.15) is 0 Å². The lowest BCUT2D eigenvalue weighted by Gasteiger charge is -2.19. The van der Waals surface area contributed by atoms with Gasteiger partial charge in [0.1, 0.15) is 18.9 Å². The van der Waals surface area contributed by atoms with E-state index in [0.717, 1.165) is 22.7 Å². The Balaban J connectivity index is 1.56. The molecule has 3 aromatic rings. The van der Waals surface area contributed by atoms with Gasteiger partial charge in [0.05, 0.1) is 12.2 Å². The minimum atomic E-state index is -0.0809. The second-order valence-electron chi connectivity index (χ2n) is 5.73. The Labute approximate surface area is 138 Å². The van der Waals surface area contributed by atoms with E-state index in [-0.39, 0.29) is 5.56 Å². The van der Waals surface area contributed by atoms with Crippen LogP contribution in [0.3, 0.4) is 0 Å². The van der Waals surface area contributed by atoms with Crippen molar-refractivity contribution in [2.24, 2.45) is 0 Å². The Morgan fingerprint density at radius 3 is 2.83 bits per heavy atom. The van der Waals surface area contributed by atoms with Crippen molar-refractivity contribution in [2.75, 3.05) is 18.5 Å². The number of hydrogen-bond acceptors (Lipinski definition) is 5. The molecule has 6 heteroatoms. The van der Waals surface area contributed by atoms with Crippen molar-refractivity contribution in [1.82, 2.24) is 9.38 Å². The molecule has 1 aromatic carbocycles. The van der Waals surface area contributed by atoms with Gasteiger partial charge in [-0.1, -0.05) is 6.07 Å². The van der Waals surface area contributed by atoms with Crippen LogP contribution in [0.4, 0.5) is 5.69 Å². The van der Waals surface area contributed by atoms with Crippen LogP contribution in [0.1, 0.15) is 11.3 Å². The Kier molecular flexibility index (Phi) is 3.57. The van der Waals surface area contributed by atoms with E-state index in [1.165, 1.54) is 0 Å². The largest absolute Gasteiger partial charge is 0.486 e. The minimum Gasteiger partial charge on any atom is -0.486 e. The molecule has 0 radical (unpaired) electrons. The molecule has 0 fully saturated rings. The maximum Gasteiger partial charge on any atom is 0.258 e. The summed E-state index contributed by atoms with van der Waals surface area (Å²) in [6, 6.07) is 11.0. The highest BCUT2D eigenvalue weighted by molar-refractivity contribution is 5.55. The highest BCUT2D eigenvalue weighted by Crippen LogP contribution is 2.32. The fourth-order valence-electron chi connectivity index (χ4n) is 2.69. The third-order valence-corrected chi connectivity index (χ3v) is 3.88. The number of fused-ring (bicyclic) bond motifs is 2.